The standard InChI is InChI=1S/C18H27N3O3/c1-2-20-17(22)12-24-16-8-3-5-13(9-16)11-21-18(23)14-6-4-7-15(19)10-14/h3,5,8-9,14-15H,2,4,6-7,10-12,19H2,1H3,(H,20,22)(H,21,23). The number of benzene rings is 1. The summed E-state index contributed by atoms with van der Waals surface area (Å²) in [6, 6.07) is 7.55. The highest BCUT2D eigenvalue weighted by molar-refractivity contribution is 5.78. The Morgan fingerprint density at radius 3 is 2.88 bits per heavy atom. The zero-order valence-electron chi connectivity index (χ0n) is 14.2. The fraction of sp³-hybridized carbons (Fsp3) is 0.556. The van der Waals surface area contributed by atoms with Crippen LogP contribution in [0.5, 0.6) is 5.75 Å². The predicted molar refractivity (Wildman–Crippen MR) is 92.4 cm³/mol. The number of hydrogen-bond acceptors (Lipinski definition) is 4. The third-order valence-corrected chi connectivity index (χ3v) is 4.19. The van der Waals surface area contributed by atoms with Crippen LogP contribution in [0, 0.1) is 5.92 Å². The van der Waals surface area contributed by atoms with E-state index in [4.69, 9.17) is 10.5 Å². The molecule has 4 N–H and O–H groups in total. The minimum atomic E-state index is -0.148. The summed E-state index contributed by atoms with van der Waals surface area (Å²) < 4.78 is 5.46. The van der Waals surface area contributed by atoms with Crippen LogP contribution in [0.2, 0.25) is 0 Å². The lowest BCUT2D eigenvalue weighted by Crippen LogP contribution is -2.37. The van der Waals surface area contributed by atoms with Crippen LogP contribution in [0.1, 0.15) is 38.2 Å². The normalized spacial score (nSPS) is 20.2. The minimum Gasteiger partial charge on any atom is -0.484 e. The smallest absolute Gasteiger partial charge is 0.257 e. The summed E-state index contributed by atoms with van der Waals surface area (Å²) in [6.07, 6.45) is 3.70. The maximum atomic E-state index is 12.2. The van der Waals surface area contributed by atoms with Crippen molar-refractivity contribution in [3.8, 4) is 5.75 Å². The van der Waals surface area contributed by atoms with E-state index in [1.807, 2.05) is 25.1 Å². The topological polar surface area (TPSA) is 93.5 Å². The van der Waals surface area contributed by atoms with Crippen LogP contribution in [-0.2, 0) is 16.1 Å². The molecule has 1 aromatic carbocycles. The number of rotatable bonds is 7. The van der Waals surface area contributed by atoms with E-state index < -0.39 is 0 Å². The lowest BCUT2D eigenvalue weighted by Gasteiger charge is -2.25. The first-order chi connectivity index (χ1) is 11.6. The first kappa shape index (κ1) is 18.3. The first-order valence-electron chi connectivity index (χ1n) is 8.60. The van der Waals surface area contributed by atoms with Gasteiger partial charge in [-0.2, -0.15) is 0 Å². The average Bonchev–Trinajstić information content (AvgIpc) is 2.58. The number of hydrogen-bond donors (Lipinski definition) is 3. The van der Waals surface area contributed by atoms with E-state index in [0.29, 0.717) is 18.8 Å². The highest BCUT2D eigenvalue weighted by Gasteiger charge is 2.24. The van der Waals surface area contributed by atoms with Crippen molar-refractivity contribution in [1.29, 1.82) is 0 Å². The van der Waals surface area contributed by atoms with Crippen LogP contribution >= 0.6 is 0 Å². The molecule has 24 heavy (non-hydrogen) atoms. The molecule has 2 amide bonds. The Morgan fingerprint density at radius 1 is 1.29 bits per heavy atom. The van der Waals surface area contributed by atoms with Gasteiger partial charge in [0.15, 0.2) is 6.61 Å². The number of carbonyl (C=O) groups is 2. The Hall–Kier alpha value is -2.08. The fourth-order valence-electron chi connectivity index (χ4n) is 2.94. The van der Waals surface area contributed by atoms with Gasteiger partial charge in [-0.3, -0.25) is 9.59 Å². The summed E-state index contributed by atoms with van der Waals surface area (Å²) >= 11 is 0. The van der Waals surface area contributed by atoms with E-state index in [-0.39, 0.29) is 30.4 Å². The number of amides is 2. The third kappa shape index (κ3) is 5.85. The Balaban J connectivity index is 1.81. The second kappa shape index (κ2) is 9.27. The lowest BCUT2D eigenvalue weighted by atomic mass is 9.85. The maximum Gasteiger partial charge on any atom is 0.257 e. The van der Waals surface area contributed by atoms with Gasteiger partial charge in [-0.25, -0.2) is 0 Å². The molecule has 0 saturated heterocycles. The molecule has 1 aliphatic rings. The molecule has 0 spiro atoms. The van der Waals surface area contributed by atoms with Gasteiger partial charge >= 0.3 is 0 Å². The van der Waals surface area contributed by atoms with Crippen LogP contribution < -0.4 is 21.1 Å². The number of carbonyl (C=O) groups excluding carboxylic acids is 2. The van der Waals surface area contributed by atoms with Gasteiger partial charge in [-0.1, -0.05) is 18.6 Å². The van der Waals surface area contributed by atoms with Gasteiger partial charge in [0.05, 0.1) is 0 Å². The molecule has 1 aromatic rings. The number of ether oxygens (including phenoxy) is 1. The molecule has 2 unspecified atom stereocenters. The van der Waals surface area contributed by atoms with E-state index in [9.17, 15) is 9.59 Å². The molecule has 1 aliphatic carbocycles. The maximum absolute atomic E-state index is 12.2. The van der Waals surface area contributed by atoms with Crippen LogP contribution in [0.3, 0.4) is 0 Å². The van der Waals surface area contributed by atoms with Gasteiger partial charge in [0.2, 0.25) is 5.91 Å². The highest BCUT2D eigenvalue weighted by atomic mass is 16.5. The van der Waals surface area contributed by atoms with Gasteiger partial charge < -0.3 is 21.1 Å². The molecule has 0 aliphatic heterocycles. The fourth-order valence-corrected chi connectivity index (χ4v) is 2.94. The van der Waals surface area contributed by atoms with Crippen molar-refractivity contribution in [2.24, 2.45) is 11.7 Å². The Bertz CT molecular complexity index is 562. The molecule has 2 atom stereocenters. The van der Waals surface area contributed by atoms with E-state index in [1.165, 1.54) is 0 Å². The third-order valence-electron chi connectivity index (χ3n) is 4.19. The van der Waals surface area contributed by atoms with Crippen molar-refractivity contribution in [2.75, 3.05) is 13.2 Å². The Kier molecular flexibility index (Phi) is 7.06. The van der Waals surface area contributed by atoms with Crippen molar-refractivity contribution in [3.63, 3.8) is 0 Å². The Morgan fingerprint density at radius 2 is 2.12 bits per heavy atom. The number of nitrogens with two attached hydrogens (primary N) is 1. The molecule has 6 heteroatoms. The monoisotopic (exact) mass is 333 g/mol. The number of nitrogens with one attached hydrogen (secondary N) is 2. The van der Waals surface area contributed by atoms with Crippen LogP contribution in [0.4, 0.5) is 0 Å². The molecule has 2 rings (SSSR count). The lowest BCUT2D eigenvalue weighted by molar-refractivity contribution is -0.126. The van der Waals surface area contributed by atoms with E-state index in [0.717, 1.165) is 31.2 Å². The molecular weight excluding hydrogens is 306 g/mol. The van der Waals surface area contributed by atoms with Crippen LogP contribution in [-0.4, -0.2) is 31.0 Å². The largest absolute Gasteiger partial charge is 0.484 e. The quantitative estimate of drug-likeness (QED) is 0.702. The van der Waals surface area contributed by atoms with Gasteiger partial charge in [0, 0.05) is 25.0 Å². The summed E-state index contributed by atoms with van der Waals surface area (Å²) in [6.45, 7) is 2.88. The van der Waals surface area contributed by atoms with Gasteiger partial charge in [-0.05, 0) is 43.9 Å². The summed E-state index contributed by atoms with van der Waals surface area (Å²) in [4.78, 5) is 23.7. The minimum absolute atomic E-state index is 0.0103. The SMILES string of the molecule is CCNC(=O)COc1cccc(CNC(=O)C2CCCC(N)C2)c1. The summed E-state index contributed by atoms with van der Waals surface area (Å²) in [7, 11) is 0. The van der Waals surface area contributed by atoms with Gasteiger partial charge in [0.1, 0.15) is 5.75 Å². The summed E-state index contributed by atoms with van der Waals surface area (Å²) in [5, 5.41) is 5.65. The molecule has 0 radical (unpaired) electrons. The molecule has 0 aromatic heterocycles. The zero-order chi connectivity index (χ0) is 17.4. The highest BCUT2D eigenvalue weighted by Crippen LogP contribution is 2.23. The molecule has 0 heterocycles. The predicted octanol–water partition coefficient (Wildman–Crippen LogP) is 1.34. The van der Waals surface area contributed by atoms with Gasteiger partial charge in [0.25, 0.3) is 5.91 Å². The molecule has 1 fully saturated rings. The molecular formula is C18H27N3O3. The zero-order valence-corrected chi connectivity index (χ0v) is 14.2. The van der Waals surface area contributed by atoms with Crippen molar-refractivity contribution in [1.82, 2.24) is 10.6 Å². The number of likely N-dealkylation sites (N-methyl/N-ethyl adjacent to an activating group) is 1. The average molecular weight is 333 g/mol. The molecule has 0 bridgehead atoms. The molecule has 6 nitrogen and oxygen atoms in total. The summed E-state index contributed by atoms with van der Waals surface area (Å²) in [5.41, 5.74) is 6.88. The van der Waals surface area contributed by atoms with Crippen LogP contribution in [0.15, 0.2) is 24.3 Å². The van der Waals surface area contributed by atoms with Gasteiger partial charge in [-0.15, -0.1) is 0 Å². The Labute approximate surface area is 143 Å². The van der Waals surface area contributed by atoms with E-state index in [2.05, 4.69) is 10.6 Å². The van der Waals surface area contributed by atoms with Crippen molar-refractivity contribution >= 4 is 11.8 Å². The van der Waals surface area contributed by atoms with E-state index >= 15 is 0 Å². The van der Waals surface area contributed by atoms with E-state index in [1.54, 1.807) is 6.07 Å². The van der Waals surface area contributed by atoms with Crippen molar-refractivity contribution in [2.45, 2.75) is 45.2 Å². The summed E-state index contributed by atoms with van der Waals surface area (Å²) in [5.74, 6) is 0.558. The van der Waals surface area contributed by atoms with Crippen molar-refractivity contribution in [3.05, 3.63) is 29.8 Å². The molecule has 132 valence electrons. The second-order valence-corrected chi connectivity index (χ2v) is 6.23. The second-order valence-electron chi connectivity index (χ2n) is 6.23. The molecule has 1 saturated carbocycles. The van der Waals surface area contributed by atoms with Crippen molar-refractivity contribution < 1.29 is 14.3 Å². The van der Waals surface area contributed by atoms with Crippen LogP contribution in [0.25, 0.3) is 0 Å². The first-order valence-corrected chi connectivity index (χ1v) is 8.60.